The fourth-order valence-corrected chi connectivity index (χ4v) is 2.73. The van der Waals surface area contributed by atoms with E-state index in [-0.39, 0.29) is 23.2 Å². The normalized spacial score (nSPS) is 14.5. The summed E-state index contributed by atoms with van der Waals surface area (Å²) in [5, 5.41) is 10.9. The van der Waals surface area contributed by atoms with Crippen LogP contribution in [-0.4, -0.2) is 53.0 Å². The van der Waals surface area contributed by atoms with Gasteiger partial charge in [0.2, 0.25) is 0 Å². The van der Waals surface area contributed by atoms with Crippen molar-refractivity contribution in [2.24, 2.45) is 0 Å². The van der Waals surface area contributed by atoms with E-state index in [0.717, 1.165) is 25.0 Å². The maximum absolute atomic E-state index is 13.0. The van der Waals surface area contributed by atoms with Crippen molar-refractivity contribution in [3.63, 3.8) is 0 Å². The summed E-state index contributed by atoms with van der Waals surface area (Å²) in [5.74, 6) is -0.184. The lowest BCUT2D eigenvalue weighted by molar-refractivity contribution is -0.137. The van der Waals surface area contributed by atoms with Gasteiger partial charge in [-0.25, -0.2) is 4.68 Å². The summed E-state index contributed by atoms with van der Waals surface area (Å²) in [7, 11) is 3.46. The van der Waals surface area contributed by atoms with Crippen molar-refractivity contribution in [2.45, 2.75) is 24.9 Å². The van der Waals surface area contributed by atoms with E-state index in [9.17, 15) is 18.0 Å². The van der Waals surface area contributed by atoms with Crippen molar-refractivity contribution in [2.75, 3.05) is 27.2 Å². The molecular weight excluding hydrogens is 347 g/mol. The van der Waals surface area contributed by atoms with E-state index >= 15 is 0 Å². The van der Waals surface area contributed by atoms with E-state index in [2.05, 4.69) is 15.6 Å². The molecule has 1 amide bonds. The van der Waals surface area contributed by atoms with E-state index in [1.807, 2.05) is 0 Å². The number of carbonyl (C=O) groups is 1. The summed E-state index contributed by atoms with van der Waals surface area (Å²) in [6.07, 6.45) is -2.71. The molecule has 1 aromatic carbocycles. The van der Waals surface area contributed by atoms with Gasteiger partial charge in [-0.3, -0.25) is 4.79 Å². The number of alkyl halides is 3. The minimum absolute atomic E-state index is 0.0937. The minimum atomic E-state index is -4.44. The zero-order chi connectivity index (χ0) is 18.9. The van der Waals surface area contributed by atoms with Crippen LogP contribution in [0, 0.1) is 0 Å². The first-order chi connectivity index (χ1) is 12.3. The quantitative estimate of drug-likeness (QED) is 0.852. The number of amides is 1. The number of likely N-dealkylation sites (N-methyl/N-ethyl adjacent to an activating group) is 2. The molecule has 26 heavy (non-hydrogen) atoms. The van der Waals surface area contributed by atoms with Gasteiger partial charge < -0.3 is 10.2 Å². The molecule has 0 unspecified atom stereocenters. The summed E-state index contributed by atoms with van der Waals surface area (Å²) in [6, 6.07) is 4.90. The third-order valence-electron chi connectivity index (χ3n) is 4.33. The molecule has 1 aromatic heterocycles. The van der Waals surface area contributed by atoms with Crippen LogP contribution in [0.1, 0.15) is 40.5 Å². The molecule has 0 aliphatic heterocycles. The van der Waals surface area contributed by atoms with Crippen LogP contribution in [0.25, 0.3) is 5.69 Å². The average molecular weight is 367 g/mol. The van der Waals surface area contributed by atoms with Crippen LogP contribution >= 0.6 is 0 Å². The molecule has 1 fully saturated rings. The van der Waals surface area contributed by atoms with Crippen molar-refractivity contribution in [3.8, 4) is 5.69 Å². The Kier molecular flexibility index (Phi) is 4.99. The molecule has 0 saturated heterocycles. The monoisotopic (exact) mass is 367 g/mol. The number of aromatic nitrogens is 3. The van der Waals surface area contributed by atoms with E-state index in [4.69, 9.17) is 0 Å². The lowest BCUT2D eigenvalue weighted by atomic mass is 10.1. The number of benzene rings is 1. The second kappa shape index (κ2) is 7.06. The minimum Gasteiger partial charge on any atom is -0.339 e. The van der Waals surface area contributed by atoms with E-state index in [1.54, 1.807) is 14.1 Å². The third-order valence-corrected chi connectivity index (χ3v) is 4.33. The number of rotatable bonds is 6. The molecule has 140 valence electrons. The predicted octanol–water partition coefficient (Wildman–Crippen LogP) is 2.45. The molecule has 6 nitrogen and oxygen atoms in total. The molecular formula is C17H20F3N5O. The van der Waals surface area contributed by atoms with Gasteiger partial charge in [-0.1, -0.05) is 11.3 Å². The highest BCUT2D eigenvalue weighted by molar-refractivity contribution is 5.93. The molecule has 3 rings (SSSR count). The van der Waals surface area contributed by atoms with Gasteiger partial charge in [0.25, 0.3) is 5.91 Å². The predicted molar refractivity (Wildman–Crippen MR) is 89.2 cm³/mol. The molecule has 1 heterocycles. The summed E-state index contributed by atoms with van der Waals surface area (Å²) >= 11 is 0. The Morgan fingerprint density at radius 2 is 2.12 bits per heavy atom. The number of hydrogen-bond acceptors (Lipinski definition) is 4. The highest BCUT2D eigenvalue weighted by Crippen LogP contribution is 2.42. The Hall–Kier alpha value is -2.42. The average Bonchev–Trinajstić information content (AvgIpc) is 3.36. The molecule has 0 bridgehead atoms. The number of nitrogens with zero attached hydrogens (tertiary/aromatic N) is 4. The molecule has 1 aliphatic rings. The molecule has 0 atom stereocenters. The van der Waals surface area contributed by atoms with E-state index in [1.165, 1.54) is 21.7 Å². The van der Waals surface area contributed by atoms with Gasteiger partial charge in [0, 0.05) is 26.1 Å². The van der Waals surface area contributed by atoms with Crippen LogP contribution in [0.4, 0.5) is 13.2 Å². The first-order valence-electron chi connectivity index (χ1n) is 8.36. The number of carbonyl (C=O) groups excluding carboxylic acids is 1. The molecule has 0 spiro atoms. The highest BCUT2D eigenvalue weighted by atomic mass is 19.4. The summed E-state index contributed by atoms with van der Waals surface area (Å²) in [6.45, 7) is 1.12. The van der Waals surface area contributed by atoms with Gasteiger partial charge >= 0.3 is 6.18 Å². The second-order valence-corrected chi connectivity index (χ2v) is 6.39. The van der Waals surface area contributed by atoms with Gasteiger partial charge in [0.05, 0.1) is 16.9 Å². The Labute approximate surface area is 149 Å². The number of halogens is 3. The molecule has 2 aromatic rings. The SMILES string of the molecule is CNCCN(C)C(=O)c1nnn(-c2cccc(C(F)(F)F)c2)c1C1CC1. The molecule has 1 saturated carbocycles. The van der Waals surface area contributed by atoms with Crippen LogP contribution in [-0.2, 0) is 6.18 Å². The lowest BCUT2D eigenvalue weighted by Crippen LogP contribution is -2.33. The maximum atomic E-state index is 13.0. The van der Waals surface area contributed by atoms with Crippen LogP contribution in [0.3, 0.4) is 0 Å². The van der Waals surface area contributed by atoms with Crippen LogP contribution in [0.15, 0.2) is 24.3 Å². The number of nitrogens with one attached hydrogen (secondary N) is 1. The third kappa shape index (κ3) is 3.72. The van der Waals surface area contributed by atoms with Gasteiger partial charge in [0.1, 0.15) is 0 Å². The maximum Gasteiger partial charge on any atom is 0.416 e. The van der Waals surface area contributed by atoms with Crippen LogP contribution < -0.4 is 5.32 Å². The fraction of sp³-hybridized carbons (Fsp3) is 0.471. The van der Waals surface area contributed by atoms with Crippen molar-refractivity contribution in [1.82, 2.24) is 25.2 Å². The summed E-state index contributed by atoms with van der Waals surface area (Å²) < 4.78 is 40.4. The zero-order valence-electron chi connectivity index (χ0n) is 14.5. The van der Waals surface area contributed by atoms with Crippen molar-refractivity contribution in [1.29, 1.82) is 0 Å². The van der Waals surface area contributed by atoms with Gasteiger partial charge in [-0.05, 0) is 38.1 Å². The zero-order valence-corrected chi connectivity index (χ0v) is 14.5. The van der Waals surface area contributed by atoms with Crippen LogP contribution in [0.2, 0.25) is 0 Å². The van der Waals surface area contributed by atoms with E-state index in [0.29, 0.717) is 18.8 Å². The lowest BCUT2D eigenvalue weighted by Gasteiger charge is -2.16. The largest absolute Gasteiger partial charge is 0.416 e. The van der Waals surface area contributed by atoms with E-state index < -0.39 is 11.7 Å². The second-order valence-electron chi connectivity index (χ2n) is 6.39. The van der Waals surface area contributed by atoms with Gasteiger partial charge in [-0.2, -0.15) is 13.2 Å². The molecule has 9 heteroatoms. The molecule has 1 N–H and O–H groups in total. The first kappa shape index (κ1) is 18.4. The van der Waals surface area contributed by atoms with Crippen LogP contribution in [0.5, 0.6) is 0 Å². The first-order valence-corrected chi connectivity index (χ1v) is 8.36. The Balaban J connectivity index is 1.97. The highest BCUT2D eigenvalue weighted by Gasteiger charge is 2.36. The molecule has 0 radical (unpaired) electrons. The standard InChI is InChI=1S/C17H20F3N5O/c1-21-8-9-24(2)16(26)14-15(11-6-7-11)25(23-22-14)13-5-3-4-12(10-13)17(18,19)20/h3-5,10-11,21H,6-9H2,1-2H3. The Morgan fingerprint density at radius 1 is 1.38 bits per heavy atom. The van der Waals surface area contributed by atoms with Gasteiger partial charge in [-0.15, -0.1) is 5.10 Å². The summed E-state index contributed by atoms with van der Waals surface area (Å²) in [4.78, 5) is 14.2. The van der Waals surface area contributed by atoms with Crippen molar-refractivity contribution < 1.29 is 18.0 Å². The van der Waals surface area contributed by atoms with Crippen molar-refractivity contribution >= 4 is 5.91 Å². The fourth-order valence-electron chi connectivity index (χ4n) is 2.73. The van der Waals surface area contributed by atoms with Gasteiger partial charge in [0.15, 0.2) is 5.69 Å². The smallest absolute Gasteiger partial charge is 0.339 e. The summed E-state index contributed by atoms with van der Waals surface area (Å²) in [5.41, 5.74) is 0.298. The van der Waals surface area contributed by atoms with Crippen molar-refractivity contribution in [3.05, 3.63) is 41.2 Å². The Morgan fingerprint density at radius 3 is 2.73 bits per heavy atom. The topological polar surface area (TPSA) is 63.1 Å². The number of hydrogen-bond donors (Lipinski definition) is 1. The Bertz CT molecular complexity index is 798. The molecule has 1 aliphatic carbocycles.